The Hall–Kier alpha value is -2.14. The number of nitrogens with zero attached hydrogens (tertiary/aromatic N) is 2. The molecular formula is C18H23N3O2. The maximum Gasteiger partial charge on any atom is 0.223 e. The summed E-state index contributed by atoms with van der Waals surface area (Å²) < 4.78 is 5.18. The van der Waals surface area contributed by atoms with Gasteiger partial charge in [0.05, 0.1) is 11.7 Å². The first kappa shape index (κ1) is 15.7. The zero-order chi connectivity index (χ0) is 16.2. The zero-order valence-corrected chi connectivity index (χ0v) is 13.7. The van der Waals surface area contributed by atoms with Gasteiger partial charge in [0.15, 0.2) is 0 Å². The summed E-state index contributed by atoms with van der Waals surface area (Å²) in [4.78, 5) is 14.8. The van der Waals surface area contributed by atoms with Crippen LogP contribution in [0.5, 0.6) is 0 Å². The monoisotopic (exact) mass is 313 g/mol. The fourth-order valence-electron chi connectivity index (χ4n) is 3.21. The molecule has 0 aliphatic carbocycles. The van der Waals surface area contributed by atoms with Gasteiger partial charge in [0.1, 0.15) is 5.76 Å². The maximum absolute atomic E-state index is 12.7. The smallest absolute Gasteiger partial charge is 0.223 e. The van der Waals surface area contributed by atoms with Gasteiger partial charge >= 0.3 is 0 Å². The molecule has 3 rings (SSSR count). The molecule has 2 heterocycles. The van der Waals surface area contributed by atoms with Crippen LogP contribution in [0.3, 0.4) is 0 Å². The third kappa shape index (κ3) is 3.45. The van der Waals surface area contributed by atoms with Crippen molar-refractivity contribution in [2.75, 3.05) is 19.6 Å². The molecule has 1 atom stereocenters. The van der Waals surface area contributed by atoms with E-state index in [-0.39, 0.29) is 11.9 Å². The number of aromatic nitrogens is 1. The highest BCUT2D eigenvalue weighted by Crippen LogP contribution is 2.23. The second-order valence-corrected chi connectivity index (χ2v) is 6.02. The van der Waals surface area contributed by atoms with Gasteiger partial charge in [0.2, 0.25) is 5.91 Å². The van der Waals surface area contributed by atoms with Crippen molar-refractivity contribution in [3.8, 4) is 0 Å². The number of piperazine rings is 1. The molecule has 1 fully saturated rings. The van der Waals surface area contributed by atoms with Crippen LogP contribution in [0.15, 0.2) is 34.9 Å². The number of benzene rings is 1. The maximum atomic E-state index is 12.7. The molecule has 2 aromatic rings. The highest BCUT2D eigenvalue weighted by Gasteiger charge is 2.27. The zero-order valence-electron chi connectivity index (χ0n) is 13.7. The number of carbonyl (C=O) groups is 1. The predicted octanol–water partition coefficient (Wildman–Crippen LogP) is 2.40. The summed E-state index contributed by atoms with van der Waals surface area (Å²) in [5.74, 6) is 1.01. The van der Waals surface area contributed by atoms with Crippen LogP contribution in [-0.2, 0) is 11.2 Å². The Kier molecular flexibility index (Phi) is 4.76. The van der Waals surface area contributed by atoms with Crippen molar-refractivity contribution in [1.82, 2.24) is 15.4 Å². The van der Waals surface area contributed by atoms with Crippen LogP contribution in [0.2, 0.25) is 0 Å². The lowest BCUT2D eigenvalue weighted by molar-refractivity contribution is -0.134. The van der Waals surface area contributed by atoms with E-state index in [1.807, 2.05) is 36.9 Å². The van der Waals surface area contributed by atoms with E-state index in [1.54, 1.807) is 0 Å². The van der Waals surface area contributed by atoms with Crippen molar-refractivity contribution < 1.29 is 9.32 Å². The molecule has 122 valence electrons. The number of aryl methyl sites for hydroxylation is 2. The summed E-state index contributed by atoms with van der Waals surface area (Å²) in [5, 5.41) is 7.35. The van der Waals surface area contributed by atoms with E-state index in [4.69, 9.17) is 4.52 Å². The highest BCUT2D eigenvalue weighted by atomic mass is 16.5. The molecular weight excluding hydrogens is 290 g/mol. The van der Waals surface area contributed by atoms with Gasteiger partial charge in [0.25, 0.3) is 0 Å². The van der Waals surface area contributed by atoms with Gasteiger partial charge in [-0.1, -0.05) is 35.5 Å². The lowest BCUT2D eigenvalue weighted by Gasteiger charge is -2.36. The van der Waals surface area contributed by atoms with Gasteiger partial charge in [-0.3, -0.25) is 4.79 Å². The fourth-order valence-corrected chi connectivity index (χ4v) is 3.21. The molecule has 0 unspecified atom stereocenters. The first-order chi connectivity index (χ1) is 11.2. The molecule has 5 heteroatoms. The van der Waals surface area contributed by atoms with E-state index in [0.29, 0.717) is 12.8 Å². The number of rotatable bonds is 4. The van der Waals surface area contributed by atoms with Crippen molar-refractivity contribution in [2.24, 2.45) is 0 Å². The van der Waals surface area contributed by atoms with Crippen LogP contribution in [0.1, 0.15) is 35.0 Å². The SMILES string of the molecule is Cc1noc(C)c1CCC(=O)N1CCNC[C@H]1c1ccccc1. The van der Waals surface area contributed by atoms with E-state index in [2.05, 4.69) is 22.6 Å². The molecule has 1 aromatic heterocycles. The van der Waals surface area contributed by atoms with E-state index >= 15 is 0 Å². The van der Waals surface area contributed by atoms with Crippen molar-refractivity contribution >= 4 is 5.91 Å². The molecule has 1 saturated heterocycles. The number of hydrogen-bond donors (Lipinski definition) is 1. The number of nitrogens with one attached hydrogen (secondary N) is 1. The Morgan fingerprint density at radius 1 is 1.35 bits per heavy atom. The predicted molar refractivity (Wildman–Crippen MR) is 88.1 cm³/mol. The van der Waals surface area contributed by atoms with E-state index in [9.17, 15) is 4.79 Å². The molecule has 0 saturated carbocycles. The van der Waals surface area contributed by atoms with Crippen molar-refractivity contribution in [3.05, 3.63) is 52.9 Å². The Balaban J connectivity index is 1.69. The lowest BCUT2D eigenvalue weighted by atomic mass is 10.0. The summed E-state index contributed by atoms with van der Waals surface area (Å²) in [6.45, 7) is 6.23. The van der Waals surface area contributed by atoms with Crippen LogP contribution >= 0.6 is 0 Å². The summed E-state index contributed by atoms with van der Waals surface area (Å²) in [6.07, 6.45) is 1.18. The topological polar surface area (TPSA) is 58.4 Å². The van der Waals surface area contributed by atoms with Crippen LogP contribution in [0, 0.1) is 13.8 Å². The Morgan fingerprint density at radius 3 is 2.83 bits per heavy atom. The molecule has 1 amide bonds. The molecule has 5 nitrogen and oxygen atoms in total. The largest absolute Gasteiger partial charge is 0.361 e. The standard InChI is InChI=1S/C18H23N3O2/c1-13-16(14(2)23-20-13)8-9-18(22)21-11-10-19-12-17(21)15-6-4-3-5-7-15/h3-7,17,19H,8-12H2,1-2H3/t17-/m0/s1. The summed E-state index contributed by atoms with van der Waals surface area (Å²) in [6, 6.07) is 10.3. The number of hydrogen-bond acceptors (Lipinski definition) is 4. The quantitative estimate of drug-likeness (QED) is 0.941. The van der Waals surface area contributed by atoms with Gasteiger partial charge in [-0.05, 0) is 25.8 Å². The van der Waals surface area contributed by atoms with Gasteiger partial charge in [0, 0.05) is 31.6 Å². The van der Waals surface area contributed by atoms with Gasteiger partial charge in [-0.2, -0.15) is 0 Å². The Morgan fingerprint density at radius 2 is 2.13 bits per heavy atom. The van der Waals surface area contributed by atoms with E-state index in [0.717, 1.165) is 36.7 Å². The lowest BCUT2D eigenvalue weighted by Crippen LogP contribution is -2.48. The normalized spacial score (nSPS) is 18.2. The summed E-state index contributed by atoms with van der Waals surface area (Å²) in [7, 11) is 0. The first-order valence-electron chi connectivity index (χ1n) is 8.13. The average molecular weight is 313 g/mol. The van der Waals surface area contributed by atoms with Gasteiger partial charge < -0.3 is 14.7 Å². The molecule has 1 aliphatic rings. The van der Waals surface area contributed by atoms with Crippen molar-refractivity contribution in [2.45, 2.75) is 32.7 Å². The molecule has 1 aromatic carbocycles. The van der Waals surface area contributed by atoms with Crippen LogP contribution in [0.25, 0.3) is 0 Å². The second-order valence-electron chi connectivity index (χ2n) is 6.02. The Labute approximate surface area is 136 Å². The average Bonchev–Trinajstić information content (AvgIpc) is 2.92. The highest BCUT2D eigenvalue weighted by molar-refractivity contribution is 5.77. The van der Waals surface area contributed by atoms with Gasteiger partial charge in [-0.25, -0.2) is 0 Å². The molecule has 0 spiro atoms. The first-order valence-corrected chi connectivity index (χ1v) is 8.13. The number of carbonyl (C=O) groups excluding carboxylic acids is 1. The molecule has 0 radical (unpaired) electrons. The minimum absolute atomic E-state index is 0.113. The van der Waals surface area contributed by atoms with Crippen LogP contribution < -0.4 is 5.32 Å². The molecule has 1 N–H and O–H groups in total. The van der Waals surface area contributed by atoms with Crippen molar-refractivity contribution in [1.29, 1.82) is 0 Å². The molecule has 0 bridgehead atoms. The third-order valence-corrected chi connectivity index (χ3v) is 4.52. The molecule has 23 heavy (non-hydrogen) atoms. The second kappa shape index (κ2) is 6.96. The van der Waals surface area contributed by atoms with Crippen molar-refractivity contribution in [3.63, 3.8) is 0 Å². The minimum atomic E-state index is 0.113. The molecule has 1 aliphatic heterocycles. The van der Waals surface area contributed by atoms with Crippen LogP contribution in [-0.4, -0.2) is 35.6 Å². The van der Waals surface area contributed by atoms with E-state index < -0.39 is 0 Å². The van der Waals surface area contributed by atoms with Gasteiger partial charge in [-0.15, -0.1) is 0 Å². The van der Waals surface area contributed by atoms with E-state index in [1.165, 1.54) is 5.56 Å². The summed E-state index contributed by atoms with van der Waals surface area (Å²) in [5.41, 5.74) is 3.13. The Bertz CT molecular complexity index is 647. The minimum Gasteiger partial charge on any atom is -0.361 e. The number of amides is 1. The van der Waals surface area contributed by atoms with Crippen LogP contribution in [0.4, 0.5) is 0 Å². The third-order valence-electron chi connectivity index (χ3n) is 4.52. The fraction of sp³-hybridized carbons (Fsp3) is 0.444. The summed E-state index contributed by atoms with van der Waals surface area (Å²) >= 11 is 0.